The van der Waals surface area contributed by atoms with Crippen molar-refractivity contribution in [2.24, 2.45) is 11.8 Å². The Labute approximate surface area is 351 Å². The number of benzene rings is 2. The highest BCUT2D eigenvalue weighted by Crippen LogP contribution is 2.38. The van der Waals surface area contributed by atoms with Crippen molar-refractivity contribution in [3.8, 4) is 0 Å². The lowest BCUT2D eigenvalue weighted by molar-refractivity contribution is 0.00319. The van der Waals surface area contributed by atoms with Crippen LogP contribution in [-0.2, 0) is 53.6 Å². The number of rotatable bonds is 6. The van der Waals surface area contributed by atoms with E-state index in [1.807, 2.05) is 78.4 Å². The van der Waals surface area contributed by atoms with Crippen LogP contribution in [0.25, 0.3) is 22.1 Å². The summed E-state index contributed by atoms with van der Waals surface area (Å²) in [6, 6.07) is 5.44. The van der Waals surface area contributed by atoms with Gasteiger partial charge in [0.25, 0.3) is 0 Å². The van der Waals surface area contributed by atoms with Crippen molar-refractivity contribution in [3.63, 3.8) is 0 Å². The number of fused-ring (bicyclic) bond motifs is 6. The van der Waals surface area contributed by atoms with Crippen LogP contribution in [0.15, 0.2) is 34.1 Å². The van der Waals surface area contributed by atoms with Gasteiger partial charge < -0.3 is 28.5 Å². The number of nitrogens with zero attached hydrogens (tertiary/aromatic N) is 6. The number of amides is 2. The molecule has 0 spiro atoms. The lowest BCUT2D eigenvalue weighted by atomic mass is 10.0. The van der Waals surface area contributed by atoms with E-state index < -0.39 is 49.5 Å². The van der Waals surface area contributed by atoms with E-state index in [9.17, 15) is 36.3 Å². The maximum Gasteiger partial charge on any atom is 0.410 e. The van der Waals surface area contributed by atoms with Crippen LogP contribution in [0, 0.1) is 11.8 Å². The molecule has 19 heteroatoms. The topological polar surface area (TPSA) is 210 Å². The Kier molecular flexibility index (Phi) is 12.8. The smallest absolute Gasteiger partial charge is 0.410 e. The molecule has 6 rings (SSSR count). The van der Waals surface area contributed by atoms with Crippen LogP contribution in [-0.4, -0.2) is 113 Å². The molecule has 330 valence electrons. The van der Waals surface area contributed by atoms with Crippen molar-refractivity contribution in [3.05, 3.63) is 47.0 Å². The number of aromatic nitrogens is 4. The van der Waals surface area contributed by atoms with Crippen molar-refractivity contribution >= 4 is 59.9 Å². The van der Waals surface area contributed by atoms with E-state index in [1.54, 1.807) is 21.9 Å². The summed E-state index contributed by atoms with van der Waals surface area (Å²) < 4.78 is 68.9. The van der Waals surface area contributed by atoms with Crippen LogP contribution in [0.4, 0.5) is 9.59 Å². The Morgan fingerprint density at radius 1 is 0.700 bits per heavy atom. The molecule has 0 radical (unpaired) electrons. The number of aliphatic hydroxyl groups excluding tert-OH is 1. The zero-order valence-electron chi connectivity index (χ0n) is 36.7. The molecule has 2 aromatic heterocycles. The molecule has 4 heterocycles. The highest BCUT2D eigenvalue weighted by Gasteiger charge is 2.40. The first-order chi connectivity index (χ1) is 27.6. The number of aliphatic hydroxyl groups is 1. The second-order valence-corrected chi connectivity index (χ2v) is 21.9. The molecule has 0 aliphatic carbocycles. The molecular weight excluding hydrogens is 817 g/mol. The second kappa shape index (κ2) is 16.6. The number of imidazole rings is 2. The summed E-state index contributed by atoms with van der Waals surface area (Å²) in [5.41, 5.74) is 1.39. The summed E-state index contributed by atoms with van der Waals surface area (Å²) in [7, 11) is -5.99. The van der Waals surface area contributed by atoms with E-state index in [4.69, 9.17) is 24.2 Å². The standard InChI is InChI=1S/C21H29N3O6S.C20H29N3O5S/c1-12(2)17-18-22-14-10-13(19(25)29-6)16(31(7,27)28)11-15(14)23(18)8-9-24(17)20(26)30-21(3,4)5;1-12(2)17-18-21-14-9-13(11-24)16(29(6,26)27)10-15(14)22(18)7-8-23(17)19(25)28-20(3,4)5/h10-12,17H,8-9H2,1-7H3;9-10,12,17,24H,7-8,11H2,1-6H3/t2*17-/m11/s1. The molecular formula is C41H58N6O11S2. The Morgan fingerprint density at radius 2 is 1.10 bits per heavy atom. The van der Waals surface area contributed by atoms with E-state index >= 15 is 0 Å². The number of sulfone groups is 2. The molecule has 2 aromatic carbocycles. The molecule has 2 aliphatic rings. The highest BCUT2D eigenvalue weighted by molar-refractivity contribution is 7.91. The van der Waals surface area contributed by atoms with Crippen LogP contribution in [0.5, 0.6) is 0 Å². The summed E-state index contributed by atoms with van der Waals surface area (Å²) >= 11 is 0. The fourth-order valence-electron chi connectivity index (χ4n) is 7.69. The van der Waals surface area contributed by atoms with Gasteiger partial charge in [-0.25, -0.2) is 41.2 Å². The molecule has 60 heavy (non-hydrogen) atoms. The zero-order valence-corrected chi connectivity index (χ0v) is 38.3. The highest BCUT2D eigenvalue weighted by atomic mass is 32.2. The largest absolute Gasteiger partial charge is 0.465 e. The lowest BCUT2D eigenvalue weighted by Gasteiger charge is -2.38. The van der Waals surface area contributed by atoms with Crippen molar-refractivity contribution in [2.75, 3.05) is 32.7 Å². The van der Waals surface area contributed by atoms with E-state index in [-0.39, 0.29) is 45.4 Å². The monoisotopic (exact) mass is 874 g/mol. The van der Waals surface area contributed by atoms with Gasteiger partial charge in [0.1, 0.15) is 22.9 Å². The van der Waals surface area contributed by atoms with Crippen molar-refractivity contribution in [2.45, 2.75) is 122 Å². The minimum atomic E-state index is -3.69. The average Bonchev–Trinajstić information content (AvgIpc) is 3.67. The molecule has 4 aromatic rings. The van der Waals surface area contributed by atoms with Crippen molar-refractivity contribution in [1.82, 2.24) is 28.9 Å². The van der Waals surface area contributed by atoms with Gasteiger partial charge in [0, 0.05) is 38.7 Å². The predicted molar refractivity (Wildman–Crippen MR) is 224 cm³/mol. The van der Waals surface area contributed by atoms with E-state index in [0.29, 0.717) is 65.5 Å². The van der Waals surface area contributed by atoms with Gasteiger partial charge in [0.15, 0.2) is 19.7 Å². The minimum absolute atomic E-state index is 0.0258. The Bertz CT molecular complexity index is 2550. The third-order valence-corrected chi connectivity index (χ3v) is 12.4. The fourth-order valence-corrected chi connectivity index (χ4v) is 9.48. The van der Waals surface area contributed by atoms with Crippen LogP contribution in [0.1, 0.15) is 109 Å². The number of esters is 1. The lowest BCUT2D eigenvalue weighted by Crippen LogP contribution is -2.46. The Balaban J connectivity index is 0.000000228. The van der Waals surface area contributed by atoms with E-state index in [0.717, 1.165) is 12.5 Å². The average molecular weight is 875 g/mol. The molecule has 2 atom stereocenters. The predicted octanol–water partition coefficient (Wildman–Crippen LogP) is 6.05. The van der Waals surface area contributed by atoms with Crippen LogP contribution in [0.3, 0.4) is 0 Å². The molecule has 2 aliphatic heterocycles. The van der Waals surface area contributed by atoms with Crippen LogP contribution < -0.4 is 0 Å². The van der Waals surface area contributed by atoms with Gasteiger partial charge in [0.2, 0.25) is 0 Å². The van der Waals surface area contributed by atoms with Gasteiger partial charge in [-0.05, 0) is 83.2 Å². The van der Waals surface area contributed by atoms with Gasteiger partial charge >= 0.3 is 18.2 Å². The first kappa shape index (κ1) is 46.3. The third kappa shape index (κ3) is 9.57. The number of carbonyl (C=O) groups excluding carboxylic acids is 3. The first-order valence-corrected chi connectivity index (χ1v) is 23.5. The second-order valence-electron chi connectivity index (χ2n) is 17.9. The normalized spacial score (nSPS) is 17.3. The SMILES string of the molecule is CC(C)[C@@H]1c2nc3cc(CO)c(S(C)(=O)=O)cc3n2CCN1C(=O)OC(C)(C)C.COC(=O)c1cc2nc3n(c2cc1S(C)(=O)=O)CCN(C(=O)OC(C)(C)C)[C@@H]3C(C)C. The number of hydrogen-bond donors (Lipinski definition) is 1. The summed E-state index contributed by atoms with van der Waals surface area (Å²) in [6.45, 7) is 20.3. The van der Waals surface area contributed by atoms with Crippen molar-refractivity contribution < 1.29 is 50.5 Å². The summed E-state index contributed by atoms with van der Waals surface area (Å²) in [4.78, 5) is 50.6. The Hall–Kier alpha value is -4.75. The summed E-state index contributed by atoms with van der Waals surface area (Å²) in [5, 5.41) is 9.64. The van der Waals surface area contributed by atoms with Gasteiger partial charge in [-0.2, -0.15) is 0 Å². The van der Waals surface area contributed by atoms with Gasteiger partial charge in [-0.15, -0.1) is 0 Å². The molecule has 0 bridgehead atoms. The van der Waals surface area contributed by atoms with Crippen LogP contribution >= 0.6 is 0 Å². The molecule has 0 unspecified atom stereocenters. The molecule has 0 saturated carbocycles. The van der Waals surface area contributed by atoms with Crippen molar-refractivity contribution in [1.29, 1.82) is 0 Å². The van der Waals surface area contributed by atoms with E-state index in [2.05, 4.69) is 0 Å². The Morgan fingerprint density at radius 3 is 1.45 bits per heavy atom. The molecule has 0 fully saturated rings. The number of methoxy groups -OCH3 is 1. The van der Waals surface area contributed by atoms with Gasteiger partial charge in [-0.3, -0.25) is 9.80 Å². The number of hydrogen-bond acceptors (Lipinski definition) is 13. The van der Waals surface area contributed by atoms with Gasteiger partial charge in [-0.1, -0.05) is 27.7 Å². The quantitative estimate of drug-likeness (QED) is 0.173. The van der Waals surface area contributed by atoms with Gasteiger partial charge in [0.05, 0.1) is 63.2 Å². The summed E-state index contributed by atoms with van der Waals surface area (Å²) in [5.74, 6) is 0.678. The van der Waals surface area contributed by atoms with E-state index in [1.165, 1.54) is 19.2 Å². The maximum absolute atomic E-state index is 12.8. The molecule has 2 amide bonds. The number of carbonyl (C=O) groups is 3. The van der Waals surface area contributed by atoms with Crippen LogP contribution in [0.2, 0.25) is 0 Å². The summed E-state index contributed by atoms with van der Waals surface area (Å²) in [6.07, 6.45) is 1.37. The molecule has 0 saturated heterocycles. The first-order valence-electron chi connectivity index (χ1n) is 19.7. The molecule has 17 nitrogen and oxygen atoms in total. The minimum Gasteiger partial charge on any atom is -0.465 e. The maximum atomic E-state index is 12.8. The number of ether oxygens (including phenoxy) is 3. The third-order valence-electron chi connectivity index (χ3n) is 10.1. The fraction of sp³-hybridized carbons (Fsp3) is 0.585. The molecule has 1 N–H and O–H groups in total. The zero-order chi connectivity index (χ0) is 45.0.